The predicted octanol–water partition coefficient (Wildman–Crippen LogP) is -8.64. The van der Waals surface area contributed by atoms with Crippen molar-refractivity contribution in [1.82, 2.24) is 31.4 Å². The fourth-order valence-electron chi connectivity index (χ4n) is 4.40. The maximum atomic E-state index is 12.6. The van der Waals surface area contributed by atoms with Gasteiger partial charge >= 0.3 is 11.9 Å². The molecule has 0 bridgehead atoms. The molecular weight excluding hydrogens is 624 g/mol. The monoisotopic (exact) mass is 664 g/mol. The molecule has 0 unspecified atom stereocenters. The first-order valence-corrected chi connectivity index (χ1v) is 13.7. The van der Waals surface area contributed by atoms with E-state index in [1.54, 1.807) is 0 Å². The Morgan fingerprint density at radius 3 is 1.33 bits per heavy atom. The largest absolute Gasteiger partial charge is 0.394 e. The molecule has 0 spiro atoms. The van der Waals surface area contributed by atoms with Crippen molar-refractivity contribution >= 4 is 35.7 Å². The number of hydrogen-bond donors (Lipinski definition) is 12. The summed E-state index contributed by atoms with van der Waals surface area (Å²) in [5.41, 5.74) is 4.23. The van der Waals surface area contributed by atoms with Gasteiger partial charge in [-0.15, -0.1) is 0 Å². The molecule has 12 N–H and O–H groups in total. The number of nitrogens with one attached hydrogen (secondary N) is 4. The number of rotatable bonds is 8. The average molecular weight is 665 g/mol. The molecule has 2 saturated heterocycles. The number of aliphatic hydroxyl groups is 8. The highest BCUT2D eigenvalue weighted by Gasteiger charge is 2.44. The highest BCUT2D eigenvalue weighted by molar-refractivity contribution is 5.93. The summed E-state index contributed by atoms with van der Waals surface area (Å²) in [6.07, 6.45) is -7.81. The van der Waals surface area contributed by atoms with Gasteiger partial charge < -0.3 is 71.0 Å². The van der Waals surface area contributed by atoms with Crippen LogP contribution in [0.5, 0.6) is 0 Å². The number of hydroxylamine groups is 2. The summed E-state index contributed by atoms with van der Waals surface area (Å²) in [5, 5.41) is 83.2. The molecule has 22 nitrogen and oxygen atoms in total. The molecule has 2 amide bonds. The van der Waals surface area contributed by atoms with Gasteiger partial charge in [0.25, 0.3) is 0 Å². The Balaban J connectivity index is 1.76. The summed E-state index contributed by atoms with van der Waals surface area (Å²) < 4.78 is 0. The third-order valence-corrected chi connectivity index (χ3v) is 6.97. The first-order valence-electron chi connectivity index (χ1n) is 13.7. The van der Waals surface area contributed by atoms with E-state index in [1.165, 1.54) is 14.1 Å². The quantitative estimate of drug-likeness (QED) is 0.0496. The van der Waals surface area contributed by atoms with Crippen molar-refractivity contribution in [3.05, 3.63) is 12.2 Å². The number of amides is 2. The smallest absolute Gasteiger partial charge is 0.356 e. The van der Waals surface area contributed by atoms with Crippen LogP contribution in [0.1, 0.15) is 0 Å². The van der Waals surface area contributed by atoms with Gasteiger partial charge in [-0.3, -0.25) is 19.6 Å². The molecule has 8 atom stereocenters. The van der Waals surface area contributed by atoms with Crippen LogP contribution >= 0.6 is 0 Å². The average Bonchev–Trinajstić information content (AvgIpc) is 3.04. The van der Waals surface area contributed by atoms with E-state index in [4.69, 9.17) is 9.68 Å². The van der Waals surface area contributed by atoms with Gasteiger partial charge in [0.2, 0.25) is 23.7 Å². The second-order valence-corrected chi connectivity index (χ2v) is 9.92. The van der Waals surface area contributed by atoms with Crippen molar-refractivity contribution in [3.8, 4) is 0 Å². The molecule has 46 heavy (non-hydrogen) atoms. The number of aliphatic imine (C=N–C) groups is 2. The fourth-order valence-corrected chi connectivity index (χ4v) is 4.40. The van der Waals surface area contributed by atoms with Gasteiger partial charge in [-0.05, 0) is 0 Å². The normalized spacial score (nSPS) is 28.8. The minimum Gasteiger partial charge on any atom is -0.394 e. The maximum absolute atomic E-state index is 12.6. The summed E-state index contributed by atoms with van der Waals surface area (Å²) in [4.78, 5) is 67.9. The van der Waals surface area contributed by atoms with Crippen LogP contribution in [0.25, 0.3) is 0 Å². The number of β-amino-alcohol motifs (C(OH)–C–C–N with tert-alkyl or cyclic N) is 2. The third-order valence-electron chi connectivity index (χ3n) is 6.97. The molecule has 22 heteroatoms. The lowest BCUT2D eigenvalue weighted by molar-refractivity contribution is -0.165. The van der Waals surface area contributed by atoms with Crippen LogP contribution in [0.3, 0.4) is 0 Å². The second kappa shape index (κ2) is 18.1. The molecule has 2 heterocycles. The molecule has 0 aromatic carbocycles. The Morgan fingerprint density at radius 2 is 1.02 bits per heavy atom. The molecule has 0 radical (unpaired) electrons. The summed E-state index contributed by atoms with van der Waals surface area (Å²) in [5.74, 6) is -4.02. The van der Waals surface area contributed by atoms with E-state index in [0.29, 0.717) is 12.2 Å². The van der Waals surface area contributed by atoms with Gasteiger partial charge in [0.1, 0.15) is 36.6 Å². The SMILES string of the molecule is CN=C(NCC(=O)N1C[C@H](O)[C@@H](O)[C@H](O)[C@H]1CO)NOC(=O)/C=C/C(=O)ONC(=NC)NCC(=O)N1C[C@H](O)[C@@H](O)[C@H](O)[C@H]1CO. The van der Waals surface area contributed by atoms with Gasteiger partial charge in [0.05, 0.1) is 38.4 Å². The van der Waals surface area contributed by atoms with Gasteiger partial charge in [-0.2, -0.15) is 11.0 Å². The lowest BCUT2D eigenvalue weighted by Crippen LogP contribution is -2.65. The fraction of sp³-hybridized carbons (Fsp3) is 0.667. The topological polar surface area (TPSA) is 328 Å². The minimum absolute atomic E-state index is 0.211. The first-order chi connectivity index (χ1) is 21.8. The van der Waals surface area contributed by atoms with Crippen molar-refractivity contribution in [2.75, 3.05) is 53.5 Å². The Labute approximate surface area is 261 Å². The third kappa shape index (κ3) is 10.2. The Morgan fingerprint density at radius 1 is 0.674 bits per heavy atom. The highest BCUT2D eigenvalue weighted by atomic mass is 16.7. The molecule has 0 aliphatic carbocycles. The number of aliphatic hydroxyl groups excluding tert-OH is 8. The Bertz CT molecular complexity index is 1070. The van der Waals surface area contributed by atoms with Gasteiger partial charge in [0.15, 0.2) is 0 Å². The Kier molecular flexibility index (Phi) is 15.0. The van der Waals surface area contributed by atoms with Crippen molar-refractivity contribution in [2.45, 2.75) is 48.7 Å². The van der Waals surface area contributed by atoms with Gasteiger partial charge in [0, 0.05) is 39.3 Å². The lowest BCUT2D eigenvalue weighted by atomic mass is 9.94. The van der Waals surface area contributed by atoms with Crippen LogP contribution in [0.2, 0.25) is 0 Å². The van der Waals surface area contributed by atoms with Crippen molar-refractivity contribution < 1.29 is 69.7 Å². The van der Waals surface area contributed by atoms with Crippen molar-refractivity contribution in [2.24, 2.45) is 9.98 Å². The van der Waals surface area contributed by atoms with Gasteiger partial charge in [-0.25, -0.2) is 9.59 Å². The molecule has 260 valence electrons. The zero-order valence-electron chi connectivity index (χ0n) is 24.8. The van der Waals surface area contributed by atoms with E-state index in [2.05, 4.69) is 31.6 Å². The van der Waals surface area contributed by atoms with Crippen LogP contribution in [0, 0.1) is 0 Å². The number of nitrogens with zero attached hydrogens (tertiary/aromatic N) is 4. The maximum Gasteiger partial charge on any atom is 0.356 e. The van der Waals surface area contributed by atoms with Crippen molar-refractivity contribution in [3.63, 3.8) is 0 Å². The van der Waals surface area contributed by atoms with Crippen LogP contribution in [-0.2, 0) is 28.9 Å². The van der Waals surface area contributed by atoms with E-state index in [-0.39, 0.29) is 25.0 Å². The van der Waals surface area contributed by atoms with E-state index in [0.717, 1.165) is 9.80 Å². The molecule has 2 rings (SSSR count). The standard InChI is InChI=1S/C24H40N8O14/c1-25-23(27-5-15(37)31-7-13(35)21(43)19(41)11(31)9-33)29-45-17(39)3-4-18(40)46-30-24(26-2)28-6-16(38)32-8-14(36)22(44)20(42)12(32)10-34/h3-4,11-14,19-22,33-36,41-44H,5-10H2,1-2H3,(H2,25,27,29)(H2,26,28,30)/b4-3+/t11-,12-,13+,14+,19-,20-,21-,22-/m1/s1. The number of carbonyl (C=O) groups excluding carboxylic acids is 4. The second-order valence-electron chi connectivity index (χ2n) is 9.92. The zero-order chi connectivity index (χ0) is 34.6. The van der Waals surface area contributed by atoms with Gasteiger partial charge in [-0.1, -0.05) is 0 Å². The van der Waals surface area contributed by atoms with E-state index < -0.39 is 98.8 Å². The van der Waals surface area contributed by atoms with Crippen LogP contribution in [0.15, 0.2) is 22.1 Å². The molecule has 2 aliphatic heterocycles. The van der Waals surface area contributed by atoms with E-state index in [9.17, 15) is 60.0 Å². The number of guanidine groups is 2. The number of likely N-dealkylation sites (tertiary alicyclic amines) is 2. The van der Waals surface area contributed by atoms with Crippen LogP contribution in [-0.4, -0.2) is 189 Å². The minimum atomic E-state index is -1.58. The predicted molar refractivity (Wildman–Crippen MR) is 152 cm³/mol. The molecule has 0 aromatic heterocycles. The highest BCUT2D eigenvalue weighted by Crippen LogP contribution is 2.20. The lowest BCUT2D eigenvalue weighted by Gasteiger charge is -2.43. The van der Waals surface area contributed by atoms with Crippen LogP contribution in [0.4, 0.5) is 0 Å². The zero-order valence-corrected chi connectivity index (χ0v) is 24.8. The molecule has 2 fully saturated rings. The molecule has 0 saturated carbocycles. The summed E-state index contributed by atoms with van der Waals surface area (Å²) in [6, 6.07) is -2.34. The summed E-state index contributed by atoms with van der Waals surface area (Å²) in [7, 11) is 2.55. The molecular formula is C24H40N8O14. The first kappa shape index (κ1) is 38.0. The molecule has 2 aliphatic rings. The van der Waals surface area contributed by atoms with Crippen LogP contribution < -0.4 is 21.6 Å². The van der Waals surface area contributed by atoms with E-state index in [1.807, 2.05) is 0 Å². The summed E-state index contributed by atoms with van der Waals surface area (Å²) in [6.45, 7) is -3.03. The van der Waals surface area contributed by atoms with Crippen molar-refractivity contribution in [1.29, 1.82) is 0 Å². The Hall–Kier alpha value is -4.16. The van der Waals surface area contributed by atoms with E-state index >= 15 is 0 Å². The summed E-state index contributed by atoms with van der Waals surface area (Å²) >= 11 is 0. The number of hydrogen-bond acceptors (Lipinski definition) is 16. The number of carbonyl (C=O) groups is 4. The number of piperidine rings is 2. The molecule has 0 aromatic rings.